The van der Waals surface area contributed by atoms with Gasteiger partial charge < -0.3 is 10.2 Å². The van der Waals surface area contributed by atoms with Crippen LogP contribution in [0.1, 0.15) is 5.56 Å². The highest BCUT2D eigenvalue weighted by Gasteiger charge is 2.15. The number of pyridine rings is 1. The van der Waals surface area contributed by atoms with E-state index in [1.54, 1.807) is 6.20 Å². The Bertz CT molecular complexity index is 609. The summed E-state index contributed by atoms with van der Waals surface area (Å²) >= 11 is 0. The van der Waals surface area contributed by atoms with Gasteiger partial charge in [-0.15, -0.1) is 0 Å². The number of fused-ring (bicyclic) bond motifs is 1. The number of rotatable bonds is 1. The standard InChI is InChI=1S/C14H14N4/c15-9-11-10-17-14(18-7-5-16-6-8-18)13-4-2-1-3-12(11)13/h1-4,10,16H,5-8H2. The van der Waals surface area contributed by atoms with Crippen molar-refractivity contribution in [2.75, 3.05) is 31.1 Å². The first kappa shape index (κ1) is 11.0. The Hall–Kier alpha value is -2.12. The van der Waals surface area contributed by atoms with E-state index in [1.165, 1.54) is 0 Å². The molecule has 4 nitrogen and oxygen atoms in total. The van der Waals surface area contributed by atoms with Crippen LogP contribution in [0.2, 0.25) is 0 Å². The summed E-state index contributed by atoms with van der Waals surface area (Å²) in [4.78, 5) is 6.75. The number of piperazine rings is 1. The molecule has 1 saturated heterocycles. The van der Waals surface area contributed by atoms with E-state index in [0.717, 1.165) is 42.8 Å². The van der Waals surface area contributed by atoms with Gasteiger partial charge in [0.1, 0.15) is 11.9 Å². The molecule has 0 amide bonds. The van der Waals surface area contributed by atoms with Crippen LogP contribution in [0, 0.1) is 11.3 Å². The molecule has 1 aliphatic rings. The fraction of sp³-hybridized carbons (Fsp3) is 0.286. The Morgan fingerprint density at radius 1 is 1.17 bits per heavy atom. The van der Waals surface area contributed by atoms with Gasteiger partial charge in [0.2, 0.25) is 0 Å². The van der Waals surface area contributed by atoms with Crippen LogP contribution >= 0.6 is 0 Å². The Kier molecular flexibility index (Phi) is 2.83. The highest BCUT2D eigenvalue weighted by molar-refractivity contribution is 5.95. The second-order valence-electron chi connectivity index (χ2n) is 4.39. The minimum atomic E-state index is 0.643. The lowest BCUT2D eigenvalue weighted by Gasteiger charge is -2.29. The predicted molar refractivity (Wildman–Crippen MR) is 71.5 cm³/mol. The first-order valence-electron chi connectivity index (χ1n) is 6.13. The van der Waals surface area contributed by atoms with Crippen molar-refractivity contribution in [3.8, 4) is 6.07 Å². The average Bonchev–Trinajstić information content (AvgIpc) is 2.47. The molecule has 2 aromatic rings. The number of hydrogen-bond acceptors (Lipinski definition) is 4. The lowest BCUT2D eigenvalue weighted by Crippen LogP contribution is -2.44. The van der Waals surface area contributed by atoms with Gasteiger partial charge in [0.15, 0.2) is 0 Å². The third kappa shape index (κ3) is 1.79. The maximum Gasteiger partial charge on any atom is 0.136 e. The summed E-state index contributed by atoms with van der Waals surface area (Å²) in [7, 11) is 0. The Morgan fingerprint density at radius 3 is 2.61 bits per heavy atom. The van der Waals surface area contributed by atoms with E-state index in [4.69, 9.17) is 5.26 Å². The first-order chi connectivity index (χ1) is 8.90. The van der Waals surface area contributed by atoms with Gasteiger partial charge in [-0.3, -0.25) is 0 Å². The van der Waals surface area contributed by atoms with Crippen molar-refractivity contribution in [1.82, 2.24) is 10.3 Å². The molecule has 0 radical (unpaired) electrons. The molecule has 0 atom stereocenters. The average molecular weight is 238 g/mol. The van der Waals surface area contributed by atoms with E-state index in [2.05, 4.69) is 21.3 Å². The summed E-state index contributed by atoms with van der Waals surface area (Å²) in [6.07, 6.45) is 1.68. The van der Waals surface area contributed by atoms with Crippen LogP contribution < -0.4 is 10.2 Å². The van der Waals surface area contributed by atoms with Crippen LogP contribution in [0.25, 0.3) is 10.8 Å². The SMILES string of the molecule is N#Cc1cnc(N2CCNCC2)c2ccccc12. The van der Waals surface area contributed by atoms with Crippen LogP contribution in [0.5, 0.6) is 0 Å². The summed E-state index contributed by atoms with van der Waals surface area (Å²) in [6.45, 7) is 3.89. The normalized spacial score (nSPS) is 15.6. The van der Waals surface area contributed by atoms with Gasteiger partial charge in [-0.05, 0) is 0 Å². The van der Waals surface area contributed by atoms with E-state index in [-0.39, 0.29) is 0 Å². The number of anilines is 1. The highest BCUT2D eigenvalue weighted by atomic mass is 15.2. The van der Waals surface area contributed by atoms with Crippen LogP contribution in [-0.4, -0.2) is 31.2 Å². The molecule has 2 heterocycles. The molecular formula is C14H14N4. The molecule has 1 aromatic carbocycles. The molecule has 0 aliphatic carbocycles. The van der Waals surface area contributed by atoms with E-state index in [9.17, 15) is 0 Å². The maximum atomic E-state index is 9.12. The van der Waals surface area contributed by atoms with E-state index in [0.29, 0.717) is 5.56 Å². The van der Waals surface area contributed by atoms with Crippen molar-refractivity contribution >= 4 is 16.6 Å². The number of aromatic nitrogens is 1. The van der Waals surface area contributed by atoms with Crippen LogP contribution in [0.3, 0.4) is 0 Å². The maximum absolute atomic E-state index is 9.12. The summed E-state index contributed by atoms with van der Waals surface area (Å²) in [6, 6.07) is 10.2. The first-order valence-corrected chi connectivity index (χ1v) is 6.13. The van der Waals surface area contributed by atoms with Gasteiger partial charge >= 0.3 is 0 Å². The third-order valence-electron chi connectivity index (χ3n) is 3.31. The minimum absolute atomic E-state index is 0.643. The lowest BCUT2D eigenvalue weighted by molar-refractivity contribution is 0.586. The fourth-order valence-corrected chi connectivity index (χ4v) is 2.40. The molecule has 1 N–H and O–H groups in total. The number of nitrogens with one attached hydrogen (secondary N) is 1. The topological polar surface area (TPSA) is 52.0 Å². The Labute approximate surface area is 106 Å². The van der Waals surface area contributed by atoms with Crippen LogP contribution in [0.15, 0.2) is 30.5 Å². The second-order valence-corrected chi connectivity index (χ2v) is 4.39. The van der Waals surface area contributed by atoms with Crippen molar-refractivity contribution in [2.45, 2.75) is 0 Å². The summed E-state index contributed by atoms with van der Waals surface area (Å²) in [5, 5.41) is 14.5. The number of hydrogen-bond donors (Lipinski definition) is 1. The lowest BCUT2D eigenvalue weighted by atomic mass is 10.1. The highest BCUT2D eigenvalue weighted by Crippen LogP contribution is 2.26. The van der Waals surface area contributed by atoms with E-state index in [1.807, 2.05) is 24.3 Å². The predicted octanol–water partition coefficient (Wildman–Crippen LogP) is 1.52. The van der Waals surface area contributed by atoms with Crippen LogP contribution in [0.4, 0.5) is 5.82 Å². The Balaban J connectivity index is 2.15. The smallest absolute Gasteiger partial charge is 0.136 e. The van der Waals surface area contributed by atoms with Crippen molar-refractivity contribution < 1.29 is 0 Å². The van der Waals surface area contributed by atoms with Gasteiger partial charge in [0.25, 0.3) is 0 Å². The summed E-state index contributed by atoms with van der Waals surface area (Å²) in [5.74, 6) is 0.992. The van der Waals surface area contributed by atoms with Gasteiger partial charge in [-0.25, -0.2) is 4.98 Å². The molecule has 0 saturated carbocycles. The largest absolute Gasteiger partial charge is 0.354 e. The van der Waals surface area contributed by atoms with Gasteiger partial charge in [0, 0.05) is 43.1 Å². The summed E-state index contributed by atoms with van der Waals surface area (Å²) < 4.78 is 0. The molecule has 1 aliphatic heterocycles. The molecule has 4 heteroatoms. The van der Waals surface area contributed by atoms with E-state index < -0.39 is 0 Å². The van der Waals surface area contributed by atoms with Crippen molar-refractivity contribution in [2.24, 2.45) is 0 Å². The molecule has 0 bridgehead atoms. The number of nitriles is 1. The zero-order chi connectivity index (χ0) is 12.4. The molecule has 1 fully saturated rings. The second kappa shape index (κ2) is 4.63. The molecule has 90 valence electrons. The van der Waals surface area contributed by atoms with Crippen molar-refractivity contribution in [3.05, 3.63) is 36.0 Å². The third-order valence-corrected chi connectivity index (χ3v) is 3.31. The molecular weight excluding hydrogens is 224 g/mol. The van der Waals surface area contributed by atoms with Crippen molar-refractivity contribution in [1.29, 1.82) is 5.26 Å². The molecule has 0 unspecified atom stereocenters. The van der Waals surface area contributed by atoms with Gasteiger partial charge in [-0.1, -0.05) is 24.3 Å². The quantitative estimate of drug-likeness (QED) is 0.818. The van der Waals surface area contributed by atoms with Gasteiger partial charge in [0.05, 0.1) is 5.56 Å². The summed E-state index contributed by atoms with van der Waals surface area (Å²) in [5.41, 5.74) is 0.643. The monoisotopic (exact) mass is 238 g/mol. The Morgan fingerprint density at radius 2 is 1.89 bits per heavy atom. The van der Waals surface area contributed by atoms with E-state index >= 15 is 0 Å². The minimum Gasteiger partial charge on any atom is -0.354 e. The molecule has 18 heavy (non-hydrogen) atoms. The molecule has 1 aromatic heterocycles. The van der Waals surface area contributed by atoms with Gasteiger partial charge in [-0.2, -0.15) is 5.26 Å². The zero-order valence-corrected chi connectivity index (χ0v) is 10.1. The fourth-order valence-electron chi connectivity index (χ4n) is 2.40. The zero-order valence-electron chi connectivity index (χ0n) is 10.1. The van der Waals surface area contributed by atoms with Crippen LogP contribution in [-0.2, 0) is 0 Å². The number of nitrogens with zero attached hydrogens (tertiary/aromatic N) is 3. The molecule has 0 spiro atoms. The van der Waals surface area contributed by atoms with Crippen molar-refractivity contribution in [3.63, 3.8) is 0 Å². The number of benzene rings is 1. The molecule has 3 rings (SSSR count).